The first kappa shape index (κ1) is 14.4. The van der Waals surface area contributed by atoms with Crippen LogP contribution in [0.15, 0.2) is 16.6 Å². The van der Waals surface area contributed by atoms with Crippen LogP contribution < -0.4 is 5.32 Å². The number of nitrogens with one attached hydrogen (secondary N) is 1. The lowest BCUT2D eigenvalue weighted by Crippen LogP contribution is -2.49. The molecule has 0 aromatic heterocycles. The summed E-state index contributed by atoms with van der Waals surface area (Å²) in [4.78, 5) is 21.0. The molecule has 2 N–H and O–H groups in total. The fourth-order valence-electron chi connectivity index (χ4n) is 1.75. The molecule has 1 heterocycles. The Kier molecular flexibility index (Phi) is 3.50. The molecule has 0 aliphatic carbocycles. The molecule has 7 nitrogen and oxygen atoms in total. The van der Waals surface area contributed by atoms with Crippen molar-refractivity contribution in [1.82, 2.24) is 5.32 Å². The summed E-state index contributed by atoms with van der Waals surface area (Å²) in [6.45, 7) is -1.18. The van der Waals surface area contributed by atoms with Crippen LogP contribution in [-0.2, 0) is 4.74 Å². The molecule has 0 unspecified atom stereocenters. The normalized spacial score (nSPS) is 20.9. The van der Waals surface area contributed by atoms with Crippen LogP contribution in [0.4, 0.5) is 19.3 Å². The lowest BCUT2D eigenvalue weighted by atomic mass is 9.98. The second-order valence-corrected chi connectivity index (χ2v) is 4.89. The molecule has 108 valence electrons. The third-order valence-corrected chi connectivity index (χ3v) is 3.28. The van der Waals surface area contributed by atoms with E-state index in [-0.39, 0.29) is 4.47 Å². The molecular formula is C10H7BrF2N2O5. The van der Waals surface area contributed by atoms with Crippen molar-refractivity contribution in [2.75, 3.05) is 6.61 Å². The number of non-ortho nitro benzene ring substituents is 1. The number of rotatable bonds is 2. The van der Waals surface area contributed by atoms with E-state index in [1.54, 1.807) is 0 Å². The SMILES string of the molecule is O=C1N[C@H](c2cc([N+](=O)[O-])cc(Br)c2O)C(F)(F)CO1. The third kappa shape index (κ3) is 2.50. The summed E-state index contributed by atoms with van der Waals surface area (Å²) in [6, 6.07) is -0.164. The van der Waals surface area contributed by atoms with E-state index < -0.39 is 46.6 Å². The van der Waals surface area contributed by atoms with Gasteiger partial charge in [0, 0.05) is 17.7 Å². The fraction of sp³-hybridized carbons (Fsp3) is 0.300. The maximum atomic E-state index is 13.7. The summed E-state index contributed by atoms with van der Waals surface area (Å²) < 4.78 is 31.5. The van der Waals surface area contributed by atoms with Gasteiger partial charge >= 0.3 is 12.0 Å². The van der Waals surface area contributed by atoms with E-state index >= 15 is 0 Å². The van der Waals surface area contributed by atoms with Crippen LogP contribution in [0.1, 0.15) is 11.6 Å². The Morgan fingerprint density at radius 1 is 1.55 bits per heavy atom. The number of hydrogen-bond acceptors (Lipinski definition) is 5. The van der Waals surface area contributed by atoms with Crippen LogP contribution >= 0.6 is 15.9 Å². The first-order valence-electron chi connectivity index (χ1n) is 5.20. The first-order chi connectivity index (χ1) is 9.22. The lowest BCUT2D eigenvalue weighted by molar-refractivity contribution is -0.385. The van der Waals surface area contributed by atoms with Crippen molar-refractivity contribution in [2.45, 2.75) is 12.0 Å². The second kappa shape index (κ2) is 4.85. The number of amides is 1. The number of benzene rings is 1. The van der Waals surface area contributed by atoms with Crippen LogP contribution in [0.25, 0.3) is 0 Å². The summed E-state index contributed by atoms with van der Waals surface area (Å²) in [7, 11) is 0. The smallest absolute Gasteiger partial charge is 0.408 e. The minimum absolute atomic E-state index is 0.127. The number of phenolic OH excluding ortho intramolecular Hbond substituents is 1. The molecule has 10 heteroatoms. The Hall–Kier alpha value is -1.97. The van der Waals surface area contributed by atoms with Gasteiger partial charge in [-0.3, -0.25) is 10.1 Å². The van der Waals surface area contributed by atoms with Crippen molar-refractivity contribution in [2.24, 2.45) is 0 Å². The van der Waals surface area contributed by atoms with Gasteiger partial charge in [0.2, 0.25) is 0 Å². The van der Waals surface area contributed by atoms with Crippen LogP contribution in [0, 0.1) is 10.1 Å². The van der Waals surface area contributed by atoms with E-state index in [4.69, 9.17) is 0 Å². The number of halogens is 3. The molecular weight excluding hydrogens is 346 g/mol. The summed E-state index contributed by atoms with van der Waals surface area (Å²) in [5, 5.41) is 22.4. The molecule has 1 amide bonds. The summed E-state index contributed by atoms with van der Waals surface area (Å²) >= 11 is 2.84. The predicted octanol–water partition coefficient (Wildman–Crippen LogP) is 2.48. The quantitative estimate of drug-likeness (QED) is 0.628. The monoisotopic (exact) mass is 352 g/mol. The highest BCUT2D eigenvalue weighted by molar-refractivity contribution is 9.10. The topological polar surface area (TPSA) is 102 Å². The molecule has 1 aliphatic rings. The van der Waals surface area contributed by atoms with E-state index in [0.717, 1.165) is 12.1 Å². The molecule has 1 fully saturated rings. The van der Waals surface area contributed by atoms with E-state index in [1.807, 2.05) is 5.32 Å². The van der Waals surface area contributed by atoms with Gasteiger partial charge in [-0.05, 0) is 15.9 Å². The number of cyclic esters (lactones) is 1. The van der Waals surface area contributed by atoms with Gasteiger partial charge in [0.05, 0.1) is 9.40 Å². The maximum Gasteiger partial charge on any atom is 0.408 e. The molecule has 0 radical (unpaired) electrons. The number of phenols is 1. The number of hydrogen-bond donors (Lipinski definition) is 2. The highest BCUT2D eigenvalue weighted by Crippen LogP contribution is 2.42. The standard InChI is InChI=1S/C10H7BrF2N2O5/c11-6-2-4(15(18)19)1-5(7(6)16)8-10(12,13)3-20-9(17)14-8/h1-2,8,16H,3H2,(H,14,17)/t8-/m1/s1. The van der Waals surface area contributed by atoms with Gasteiger partial charge < -0.3 is 15.2 Å². The first-order valence-corrected chi connectivity index (χ1v) is 5.99. The largest absolute Gasteiger partial charge is 0.506 e. The van der Waals surface area contributed by atoms with Gasteiger partial charge in [-0.25, -0.2) is 13.6 Å². The molecule has 20 heavy (non-hydrogen) atoms. The van der Waals surface area contributed by atoms with Crippen molar-refractivity contribution in [3.63, 3.8) is 0 Å². The lowest BCUT2D eigenvalue weighted by Gasteiger charge is -2.32. The maximum absolute atomic E-state index is 13.7. The van der Waals surface area contributed by atoms with E-state index in [9.17, 15) is 28.8 Å². The molecule has 1 aromatic carbocycles. The fourth-order valence-corrected chi connectivity index (χ4v) is 2.21. The zero-order chi connectivity index (χ0) is 15.1. The van der Waals surface area contributed by atoms with Crippen molar-refractivity contribution in [3.8, 4) is 5.75 Å². The second-order valence-electron chi connectivity index (χ2n) is 4.04. The van der Waals surface area contributed by atoms with Gasteiger partial charge in [0.1, 0.15) is 11.8 Å². The number of carbonyl (C=O) groups is 1. The van der Waals surface area contributed by atoms with E-state index in [1.165, 1.54) is 0 Å². The number of nitrogens with zero attached hydrogens (tertiary/aromatic N) is 1. The minimum Gasteiger partial charge on any atom is -0.506 e. The van der Waals surface area contributed by atoms with E-state index in [2.05, 4.69) is 20.7 Å². The number of carbonyl (C=O) groups excluding carboxylic acids is 1. The van der Waals surface area contributed by atoms with E-state index in [0.29, 0.717) is 0 Å². The van der Waals surface area contributed by atoms with Gasteiger partial charge in [0.15, 0.2) is 6.61 Å². The van der Waals surface area contributed by atoms with Crippen molar-refractivity contribution in [1.29, 1.82) is 0 Å². The minimum atomic E-state index is -3.51. The van der Waals surface area contributed by atoms with Gasteiger partial charge in [-0.15, -0.1) is 0 Å². The number of ether oxygens (including phenoxy) is 1. The van der Waals surface area contributed by atoms with Crippen LogP contribution in [-0.4, -0.2) is 28.7 Å². The summed E-state index contributed by atoms with van der Waals surface area (Å²) in [6.07, 6.45) is -1.09. The molecule has 1 aliphatic heterocycles. The number of alkyl halides is 2. The van der Waals surface area contributed by atoms with Crippen molar-refractivity contribution >= 4 is 27.7 Å². The van der Waals surface area contributed by atoms with Gasteiger partial charge in [-0.1, -0.05) is 0 Å². The Labute approximate surface area is 118 Å². The molecule has 1 atom stereocenters. The average molecular weight is 353 g/mol. The van der Waals surface area contributed by atoms with Gasteiger partial charge in [-0.2, -0.15) is 0 Å². The number of alkyl carbamates (subject to hydrolysis) is 1. The Bertz CT molecular complexity index is 595. The molecule has 0 bridgehead atoms. The Morgan fingerprint density at radius 2 is 2.20 bits per heavy atom. The summed E-state index contributed by atoms with van der Waals surface area (Å²) in [5.41, 5.74) is -0.964. The van der Waals surface area contributed by atoms with Crippen molar-refractivity contribution < 1.29 is 28.3 Å². The Balaban J connectivity index is 2.55. The van der Waals surface area contributed by atoms with Crippen LogP contribution in [0.3, 0.4) is 0 Å². The molecule has 1 saturated heterocycles. The highest BCUT2D eigenvalue weighted by Gasteiger charge is 2.48. The highest BCUT2D eigenvalue weighted by atomic mass is 79.9. The summed E-state index contributed by atoms with van der Waals surface area (Å²) in [5.74, 6) is -4.12. The average Bonchev–Trinajstić information content (AvgIpc) is 2.35. The molecule has 0 saturated carbocycles. The van der Waals surface area contributed by atoms with Crippen LogP contribution in [0.5, 0.6) is 5.75 Å². The van der Waals surface area contributed by atoms with Gasteiger partial charge in [0.25, 0.3) is 5.69 Å². The molecule has 0 spiro atoms. The Morgan fingerprint density at radius 3 is 2.80 bits per heavy atom. The molecule has 2 rings (SSSR count). The number of aromatic hydroxyl groups is 1. The van der Waals surface area contributed by atoms with Crippen molar-refractivity contribution in [3.05, 3.63) is 32.3 Å². The third-order valence-electron chi connectivity index (χ3n) is 2.68. The zero-order valence-electron chi connectivity index (χ0n) is 9.60. The van der Waals surface area contributed by atoms with Crippen LogP contribution in [0.2, 0.25) is 0 Å². The number of nitro benzene ring substituents is 1. The predicted molar refractivity (Wildman–Crippen MR) is 64.6 cm³/mol. The number of nitro groups is 1. The molecule has 1 aromatic rings. The zero-order valence-corrected chi connectivity index (χ0v) is 11.2.